The Kier molecular flexibility index (Phi) is 8.10. The van der Waals surface area contributed by atoms with Gasteiger partial charge in [-0.3, -0.25) is 14.5 Å². The fourth-order valence-electron chi connectivity index (χ4n) is 4.86. The second-order valence-corrected chi connectivity index (χ2v) is 11.2. The minimum atomic E-state index is -0.222. The minimum Gasteiger partial charge on any atom is -0.355 e. The highest BCUT2D eigenvalue weighted by molar-refractivity contribution is 8.00. The van der Waals surface area contributed by atoms with Gasteiger partial charge in [0.15, 0.2) is 0 Å². The smallest absolute Gasteiger partial charge is 0.240 e. The van der Waals surface area contributed by atoms with E-state index in [1.807, 2.05) is 78.3 Å². The number of halogens is 1. The molecule has 4 aromatic rings. The zero-order valence-corrected chi connectivity index (χ0v) is 23.9. The summed E-state index contributed by atoms with van der Waals surface area (Å²) in [7, 11) is 0. The summed E-state index contributed by atoms with van der Waals surface area (Å²) in [5.74, 6) is 0.503. The van der Waals surface area contributed by atoms with Gasteiger partial charge < -0.3 is 5.32 Å². The van der Waals surface area contributed by atoms with Gasteiger partial charge in [-0.1, -0.05) is 73.1 Å². The first kappa shape index (κ1) is 27.0. The lowest BCUT2D eigenvalue weighted by molar-refractivity contribution is -0.122. The number of benzene rings is 3. The number of aryl methyl sites for hydroxylation is 1. The van der Waals surface area contributed by atoms with E-state index in [-0.39, 0.29) is 29.4 Å². The third-order valence-corrected chi connectivity index (χ3v) is 8.46. The molecular weight excluding hydrogens is 528 g/mol. The number of hydrogen-bond acceptors (Lipinski definition) is 4. The van der Waals surface area contributed by atoms with Crippen molar-refractivity contribution >= 4 is 41.0 Å². The van der Waals surface area contributed by atoms with Crippen LogP contribution in [-0.2, 0) is 9.59 Å². The summed E-state index contributed by atoms with van der Waals surface area (Å²) in [5.41, 5.74) is 6.64. The highest BCUT2D eigenvalue weighted by Crippen LogP contribution is 2.49. The maximum atomic E-state index is 13.8. The average molecular weight is 559 g/mol. The van der Waals surface area contributed by atoms with Crippen LogP contribution in [0.3, 0.4) is 0 Å². The van der Waals surface area contributed by atoms with Crippen molar-refractivity contribution in [1.82, 2.24) is 15.1 Å². The molecule has 3 aromatic carbocycles. The predicted octanol–water partition coefficient (Wildman–Crippen LogP) is 6.50. The van der Waals surface area contributed by atoms with E-state index in [9.17, 15) is 9.59 Å². The largest absolute Gasteiger partial charge is 0.355 e. The average Bonchev–Trinajstić information content (AvgIpc) is 3.25. The molecule has 0 aliphatic carbocycles. The minimum absolute atomic E-state index is 0.0839. The summed E-state index contributed by atoms with van der Waals surface area (Å²) in [5, 5.41) is 8.51. The number of nitrogens with zero attached hydrogens (tertiary/aromatic N) is 3. The summed E-state index contributed by atoms with van der Waals surface area (Å²) in [6, 6.07) is 23.8. The van der Waals surface area contributed by atoms with Crippen molar-refractivity contribution in [3.63, 3.8) is 0 Å². The molecule has 0 fully saturated rings. The molecule has 8 heteroatoms. The van der Waals surface area contributed by atoms with E-state index in [0.29, 0.717) is 17.4 Å². The van der Waals surface area contributed by atoms with Crippen molar-refractivity contribution in [1.29, 1.82) is 0 Å². The van der Waals surface area contributed by atoms with Gasteiger partial charge in [-0.05, 0) is 55.2 Å². The summed E-state index contributed by atoms with van der Waals surface area (Å²) in [6.45, 7) is 6.59. The van der Waals surface area contributed by atoms with Crippen LogP contribution in [0.25, 0.3) is 16.9 Å². The van der Waals surface area contributed by atoms with Gasteiger partial charge in [0.05, 0.1) is 22.4 Å². The molecule has 1 atom stereocenters. The molecule has 1 aliphatic heterocycles. The molecule has 0 bridgehead atoms. The van der Waals surface area contributed by atoms with E-state index < -0.39 is 0 Å². The summed E-state index contributed by atoms with van der Waals surface area (Å²) >= 11 is 7.98. The Morgan fingerprint density at radius 3 is 2.59 bits per heavy atom. The maximum Gasteiger partial charge on any atom is 0.240 e. The molecular formula is C31H31ClN4O2S. The molecule has 1 unspecified atom stereocenters. The number of carbonyl (C=O) groups is 2. The summed E-state index contributed by atoms with van der Waals surface area (Å²) < 4.78 is 1.86. The van der Waals surface area contributed by atoms with Gasteiger partial charge in [0.25, 0.3) is 0 Å². The van der Waals surface area contributed by atoms with Gasteiger partial charge in [0.1, 0.15) is 12.4 Å². The lowest BCUT2D eigenvalue weighted by atomic mass is 9.99. The van der Waals surface area contributed by atoms with E-state index in [0.717, 1.165) is 45.6 Å². The normalized spacial score (nSPS) is 15.1. The van der Waals surface area contributed by atoms with Gasteiger partial charge in [-0.25, -0.2) is 4.68 Å². The van der Waals surface area contributed by atoms with Crippen molar-refractivity contribution in [3.05, 3.63) is 100 Å². The second kappa shape index (κ2) is 11.7. The number of carbonyl (C=O) groups excluding carboxylic acids is 2. The quantitative estimate of drug-likeness (QED) is 0.281. The first-order chi connectivity index (χ1) is 18.9. The third kappa shape index (κ3) is 5.47. The van der Waals surface area contributed by atoms with Crippen LogP contribution >= 0.6 is 23.4 Å². The number of fused-ring (bicyclic) bond motifs is 1. The van der Waals surface area contributed by atoms with Crippen LogP contribution in [0.4, 0.5) is 5.82 Å². The monoisotopic (exact) mass is 558 g/mol. The fourth-order valence-corrected chi connectivity index (χ4v) is 6.24. The van der Waals surface area contributed by atoms with E-state index in [1.165, 1.54) is 11.8 Å². The highest BCUT2D eigenvalue weighted by atomic mass is 35.5. The van der Waals surface area contributed by atoms with Gasteiger partial charge in [-0.15, -0.1) is 11.8 Å². The first-order valence-electron chi connectivity index (χ1n) is 13.1. The van der Waals surface area contributed by atoms with E-state index >= 15 is 0 Å². The number of amides is 2. The number of aromatic nitrogens is 2. The molecule has 2 amide bonds. The molecule has 0 saturated carbocycles. The summed E-state index contributed by atoms with van der Waals surface area (Å²) in [4.78, 5) is 28.4. The molecule has 0 spiro atoms. The molecule has 1 aliphatic rings. The number of thioether (sulfide) groups is 1. The predicted molar refractivity (Wildman–Crippen MR) is 160 cm³/mol. The SMILES string of the molecule is CCCNC(=O)CN1C(=O)CSC(c2cccc(Cl)c2)c2c(-c3ccccc3)nn(-c3cccc(C)c3C)c21. The first-order valence-corrected chi connectivity index (χ1v) is 14.5. The zero-order chi connectivity index (χ0) is 27.5. The second-order valence-electron chi connectivity index (χ2n) is 9.66. The van der Waals surface area contributed by atoms with Crippen LogP contribution in [-0.4, -0.2) is 40.4 Å². The molecule has 0 saturated heterocycles. The molecule has 1 N–H and O–H groups in total. The van der Waals surface area contributed by atoms with Crippen LogP contribution in [0.1, 0.15) is 40.8 Å². The summed E-state index contributed by atoms with van der Waals surface area (Å²) in [6.07, 6.45) is 0.816. The Morgan fingerprint density at radius 1 is 1.08 bits per heavy atom. The topological polar surface area (TPSA) is 67.2 Å². The number of hydrogen-bond donors (Lipinski definition) is 1. The Balaban J connectivity index is 1.82. The lowest BCUT2D eigenvalue weighted by Crippen LogP contribution is -2.42. The van der Waals surface area contributed by atoms with Gasteiger partial charge in [0, 0.05) is 22.7 Å². The molecule has 1 aromatic heterocycles. The molecule has 0 radical (unpaired) electrons. The van der Waals surface area contributed by atoms with Crippen molar-refractivity contribution in [2.45, 2.75) is 32.4 Å². The molecule has 200 valence electrons. The zero-order valence-electron chi connectivity index (χ0n) is 22.3. The standard InChI is InChI=1S/C31H31ClN4O2S/c1-4-16-33-26(37)18-35-27(38)19-39-30(23-13-9-14-24(32)17-23)28-29(22-11-6-5-7-12-22)34-36(31(28)35)25-15-8-10-20(2)21(25)3/h5-15,17,30H,4,16,18-19H2,1-3H3,(H,33,37). The fraction of sp³-hybridized carbons (Fsp3) is 0.258. The Morgan fingerprint density at radius 2 is 1.85 bits per heavy atom. The Labute approximate surface area is 238 Å². The van der Waals surface area contributed by atoms with Crippen molar-refractivity contribution in [2.75, 3.05) is 23.7 Å². The molecule has 6 nitrogen and oxygen atoms in total. The number of nitrogens with one attached hydrogen (secondary N) is 1. The Hall–Kier alpha value is -3.55. The molecule has 2 heterocycles. The van der Waals surface area contributed by atoms with Crippen LogP contribution in [0.5, 0.6) is 0 Å². The van der Waals surface area contributed by atoms with Gasteiger partial charge >= 0.3 is 0 Å². The van der Waals surface area contributed by atoms with Crippen molar-refractivity contribution < 1.29 is 9.59 Å². The van der Waals surface area contributed by atoms with E-state index in [2.05, 4.69) is 25.2 Å². The lowest BCUT2D eigenvalue weighted by Gasteiger charge is -2.24. The van der Waals surface area contributed by atoms with Crippen LogP contribution in [0.15, 0.2) is 72.8 Å². The maximum absolute atomic E-state index is 13.8. The molecule has 5 rings (SSSR count). The molecule has 39 heavy (non-hydrogen) atoms. The van der Waals surface area contributed by atoms with Gasteiger partial charge in [0.2, 0.25) is 11.8 Å². The van der Waals surface area contributed by atoms with Crippen LogP contribution in [0.2, 0.25) is 5.02 Å². The number of rotatable bonds is 7. The Bertz CT molecular complexity index is 1520. The van der Waals surface area contributed by atoms with Gasteiger partial charge in [-0.2, -0.15) is 5.10 Å². The number of anilines is 1. The van der Waals surface area contributed by atoms with Crippen LogP contribution in [0, 0.1) is 13.8 Å². The van der Waals surface area contributed by atoms with E-state index in [1.54, 1.807) is 4.90 Å². The highest BCUT2D eigenvalue weighted by Gasteiger charge is 2.38. The van der Waals surface area contributed by atoms with Crippen LogP contribution < -0.4 is 10.2 Å². The third-order valence-electron chi connectivity index (χ3n) is 6.97. The van der Waals surface area contributed by atoms with Crippen molar-refractivity contribution in [3.8, 4) is 16.9 Å². The van der Waals surface area contributed by atoms with E-state index in [4.69, 9.17) is 16.7 Å². The van der Waals surface area contributed by atoms with Crippen molar-refractivity contribution in [2.24, 2.45) is 0 Å².